The molecule has 0 amide bonds. The molecule has 0 aliphatic rings. The summed E-state index contributed by atoms with van der Waals surface area (Å²) in [6.07, 6.45) is 4.26. The van der Waals surface area contributed by atoms with E-state index in [9.17, 15) is 0 Å². The Morgan fingerprint density at radius 3 is 2.77 bits per heavy atom. The summed E-state index contributed by atoms with van der Waals surface area (Å²) in [5.41, 5.74) is 10.8. The van der Waals surface area contributed by atoms with Gasteiger partial charge in [-0.2, -0.15) is 5.10 Å². The molecule has 0 saturated carbocycles. The highest BCUT2D eigenvalue weighted by Crippen LogP contribution is 2.16. The molecule has 6 heteroatoms. The number of aromatic nitrogens is 1. The fraction of sp³-hybridized carbons (Fsp3) is 0.375. The number of nitrogens with zero attached hydrogens (tertiary/aromatic N) is 3. The third kappa shape index (κ3) is 5.46. The van der Waals surface area contributed by atoms with Crippen molar-refractivity contribution in [1.29, 1.82) is 0 Å². The zero-order valence-electron chi connectivity index (χ0n) is 13.1. The summed E-state index contributed by atoms with van der Waals surface area (Å²) in [6, 6.07) is 8.44. The minimum absolute atomic E-state index is 0.513. The first kappa shape index (κ1) is 16.5. The van der Waals surface area contributed by atoms with Crippen molar-refractivity contribution in [3.8, 4) is 0 Å². The van der Waals surface area contributed by atoms with Gasteiger partial charge >= 0.3 is 0 Å². The van der Waals surface area contributed by atoms with E-state index in [4.69, 9.17) is 5.73 Å². The molecule has 0 radical (unpaired) electrons. The topological polar surface area (TPSA) is 66.5 Å². The zero-order valence-corrected chi connectivity index (χ0v) is 13.9. The quantitative estimate of drug-likeness (QED) is 0.578. The highest BCUT2D eigenvalue weighted by molar-refractivity contribution is 7.14. The molecule has 0 atom stereocenters. The highest BCUT2D eigenvalue weighted by Gasteiger charge is 2.00. The number of benzene rings is 1. The second-order valence-electron chi connectivity index (χ2n) is 5.28. The predicted molar refractivity (Wildman–Crippen MR) is 95.4 cm³/mol. The number of hydrazone groups is 1. The Bertz CT molecular complexity index is 591. The van der Waals surface area contributed by atoms with E-state index in [-0.39, 0.29) is 0 Å². The van der Waals surface area contributed by atoms with Gasteiger partial charge in [-0.05, 0) is 31.1 Å². The summed E-state index contributed by atoms with van der Waals surface area (Å²) in [7, 11) is 2.16. The zero-order chi connectivity index (χ0) is 15.8. The maximum absolute atomic E-state index is 5.55. The van der Waals surface area contributed by atoms with Crippen LogP contribution >= 0.6 is 11.3 Å². The molecule has 118 valence electrons. The Morgan fingerprint density at radius 1 is 1.36 bits per heavy atom. The fourth-order valence-corrected chi connectivity index (χ4v) is 2.58. The van der Waals surface area contributed by atoms with E-state index in [2.05, 4.69) is 58.6 Å². The van der Waals surface area contributed by atoms with Gasteiger partial charge in [0, 0.05) is 11.9 Å². The summed E-state index contributed by atoms with van der Waals surface area (Å²) >= 11 is 1.43. The van der Waals surface area contributed by atoms with Gasteiger partial charge in [-0.15, -0.1) is 11.3 Å². The van der Waals surface area contributed by atoms with Crippen LogP contribution in [0.4, 0.5) is 10.9 Å². The van der Waals surface area contributed by atoms with Crippen molar-refractivity contribution < 1.29 is 0 Å². The highest BCUT2D eigenvalue weighted by atomic mass is 32.1. The van der Waals surface area contributed by atoms with E-state index in [1.54, 1.807) is 11.6 Å². The molecule has 1 aromatic heterocycles. The second kappa shape index (κ2) is 8.51. The SMILES string of the molecule is CCCCN(C)Cc1ccc(C=NNc2nc(N)cs2)cc1. The molecule has 2 rings (SSSR count). The van der Waals surface area contributed by atoms with Gasteiger partial charge in [0.2, 0.25) is 5.13 Å². The van der Waals surface area contributed by atoms with Crippen molar-refractivity contribution in [2.24, 2.45) is 5.10 Å². The number of anilines is 2. The lowest BCUT2D eigenvalue weighted by Gasteiger charge is -2.16. The van der Waals surface area contributed by atoms with Gasteiger partial charge in [-0.25, -0.2) is 4.98 Å². The first-order valence-corrected chi connectivity index (χ1v) is 8.33. The molecule has 3 N–H and O–H groups in total. The van der Waals surface area contributed by atoms with Crippen LogP contribution in [0, 0.1) is 0 Å². The number of nitrogens with one attached hydrogen (secondary N) is 1. The number of hydrogen-bond acceptors (Lipinski definition) is 6. The van der Waals surface area contributed by atoms with E-state index in [1.807, 2.05) is 0 Å². The van der Waals surface area contributed by atoms with E-state index < -0.39 is 0 Å². The third-order valence-electron chi connectivity index (χ3n) is 3.22. The van der Waals surface area contributed by atoms with E-state index in [1.165, 1.54) is 29.7 Å². The molecule has 0 bridgehead atoms. The van der Waals surface area contributed by atoms with Crippen LogP contribution in [0.15, 0.2) is 34.7 Å². The van der Waals surface area contributed by atoms with Crippen LogP contribution in [0.5, 0.6) is 0 Å². The monoisotopic (exact) mass is 317 g/mol. The van der Waals surface area contributed by atoms with Crippen molar-refractivity contribution in [3.05, 3.63) is 40.8 Å². The normalized spacial score (nSPS) is 11.4. The van der Waals surface area contributed by atoms with E-state index in [0.29, 0.717) is 10.9 Å². The van der Waals surface area contributed by atoms with Crippen LogP contribution in [0.25, 0.3) is 0 Å². The van der Waals surface area contributed by atoms with Gasteiger partial charge in [0.1, 0.15) is 5.82 Å². The maximum Gasteiger partial charge on any atom is 0.205 e. The Labute approximate surface area is 135 Å². The molecular formula is C16H23N5S. The number of unbranched alkanes of at least 4 members (excludes halogenated alkanes) is 1. The van der Waals surface area contributed by atoms with Gasteiger partial charge in [0.25, 0.3) is 0 Å². The molecule has 22 heavy (non-hydrogen) atoms. The number of hydrogen-bond donors (Lipinski definition) is 2. The van der Waals surface area contributed by atoms with Crippen molar-refractivity contribution in [2.45, 2.75) is 26.3 Å². The second-order valence-corrected chi connectivity index (χ2v) is 6.14. The lowest BCUT2D eigenvalue weighted by Crippen LogP contribution is -2.18. The van der Waals surface area contributed by atoms with Gasteiger partial charge in [-0.3, -0.25) is 5.43 Å². The van der Waals surface area contributed by atoms with Crippen LogP contribution in [0.1, 0.15) is 30.9 Å². The molecule has 0 aliphatic heterocycles. The van der Waals surface area contributed by atoms with Crippen LogP contribution in [-0.4, -0.2) is 29.7 Å². The van der Waals surface area contributed by atoms with Crippen molar-refractivity contribution in [2.75, 3.05) is 24.8 Å². The van der Waals surface area contributed by atoms with E-state index in [0.717, 1.165) is 18.7 Å². The number of rotatable bonds is 8. The molecule has 1 heterocycles. The largest absolute Gasteiger partial charge is 0.383 e. The molecule has 0 spiro atoms. The van der Waals surface area contributed by atoms with E-state index >= 15 is 0 Å². The summed E-state index contributed by atoms with van der Waals surface area (Å²) in [4.78, 5) is 6.43. The lowest BCUT2D eigenvalue weighted by atomic mass is 10.1. The molecule has 2 aromatic rings. The summed E-state index contributed by atoms with van der Waals surface area (Å²) in [5, 5.41) is 6.64. The van der Waals surface area contributed by atoms with Gasteiger partial charge in [0.15, 0.2) is 0 Å². The molecule has 0 fully saturated rings. The minimum Gasteiger partial charge on any atom is -0.383 e. The van der Waals surface area contributed by atoms with Gasteiger partial charge in [0.05, 0.1) is 6.21 Å². The molecular weight excluding hydrogens is 294 g/mol. The standard InChI is InChI=1S/C16H23N5S/c1-3-4-9-21(2)11-14-7-5-13(6-8-14)10-18-20-16-19-15(17)12-22-16/h5-8,10,12H,3-4,9,11,17H2,1-2H3,(H,19,20). The summed E-state index contributed by atoms with van der Waals surface area (Å²) in [5.74, 6) is 0.513. The smallest absolute Gasteiger partial charge is 0.205 e. The Hall–Kier alpha value is -1.92. The average molecular weight is 317 g/mol. The number of thiazole rings is 1. The molecule has 0 aliphatic carbocycles. The summed E-state index contributed by atoms with van der Waals surface area (Å²) < 4.78 is 0. The Kier molecular flexibility index (Phi) is 6.36. The van der Waals surface area contributed by atoms with Crippen molar-refractivity contribution >= 4 is 28.5 Å². The lowest BCUT2D eigenvalue weighted by molar-refractivity contribution is 0.321. The third-order valence-corrected chi connectivity index (χ3v) is 3.99. The van der Waals surface area contributed by atoms with Crippen LogP contribution in [0.2, 0.25) is 0 Å². The van der Waals surface area contributed by atoms with Crippen LogP contribution in [-0.2, 0) is 6.54 Å². The fourth-order valence-electron chi connectivity index (χ4n) is 2.03. The molecule has 0 saturated heterocycles. The van der Waals surface area contributed by atoms with Crippen LogP contribution < -0.4 is 11.2 Å². The average Bonchev–Trinajstić information content (AvgIpc) is 2.92. The first-order valence-electron chi connectivity index (χ1n) is 7.45. The van der Waals surface area contributed by atoms with Gasteiger partial charge in [-0.1, -0.05) is 37.6 Å². The molecule has 5 nitrogen and oxygen atoms in total. The molecule has 0 unspecified atom stereocenters. The Morgan fingerprint density at radius 2 is 2.14 bits per heavy atom. The first-order chi connectivity index (χ1) is 10.7. The van der Waals surface area contributed by atoms with Gasteiger partial charge < -0.3 is 10.6 Å². The van der Waals surface area contributed by atoms with Crippen molar-refractivity contribution in [3.63, 3.8) is 0 Å². The summed E-state index contributed by atoms with van der Waals surface area (Å²) in [6.45, 7) is 4.34. The minimum atomic E-state index is 0.513. The predicted octanol–water partition coefficient (Wildman–Crippen LogP) is 3.40. The number of nitrogens with two attached hydrogens (primary N) is 1. The van der Waals surface area contributed by atoms with Crippen LogP contribution in [0.3, 0.4) is 0 Å². The number of nitrogen functional groups attached to an aromatic ring is 1. The van der Waals surface area contributed by atoms with Crippen molar-refractivity contribution in [1.82, 2.24) is 9.88 Å². The molecule has 1 aromatic carbocycles. The Balaban J connectivity index is 1.83. The maximum atomic E-state index is 5.55.